The van der Waals surface area contributed by atoms with Crippen LogP contribution in [0.15, 0.2) is 24.4 Å². The molecule has 2 N–H and O–H groups in total. The smallest absolute Gasteiger partial charge is 0.325 e. The average Bonchev–Trinajstić information content (AvgIpc) is 3.15. The summed E-state index contributed by atoms with van der Waals surface area (Å²) in [5, 5.41) is 14.6. The lowest BCUT2D eigenvalue weighted by atomic mass is 9.97. The minimum Gasteiger partial charge on any atom is -0.336 e. The van der Waals surface area contributed by atoms with Crippen molar-refractivity contribution in [2.75, 3.05) is 6.54 Å². The fraction of sp³-hybridized carbons (Fsp3) is 0.471. The predicted octanol–water partition coefficient (Wildman–Crippen LogP) is 0.801. The molecule has 1 aliphatic carbocycles. The SMILES string of the molecule is CC1(c2ccccn2)NC(=O)N(CC(=O)NC2(C#N)CCCC2)C1=O. The highest BCUT2D eigenvalue weighted by Gasteiger charge is 2.50. The number of nitriles is 1. The van der Waals surface area contributed by atoms with Gasteiger partial charge in [0, 0.05) is 6.20 Å². The molecule has 4 amide bonds. The van der Waals surface area contributed by atoms with Crippen molar-refractivity contribution >= 4 is 17.8 Å². The van der Waals surface area contributed by atoms with Gasteiger partial charge in [0.25, 0.3) is 5.91 Å². The zero-order valence-electron chi connectivity index (χ0n) is 13.9. The first-order valence-electron chi connectivity index (χ1n) is 8.18. The van der Waals surface area contributed by atoms with Gasteiger partial charge in [-0.25, -0.2) is 4.79 Å². The molecule has 130 valence electrons. The van der Waals surface area contributed by atoms with Gasteiger partial charge in [0.15, 0.2) is 5.54 Å². The van der Waals surface area contributed by atoms with Crippen molar-refractivity contribution in [2.24, 2.45) is 0 Å². The summed E-state index contributed by atoms with van der Waals surface area (Å²) in [4.78, 5) is 42.2. The van der Waals surface area contributed by atoms with Crippen LogP contribution in [-0.4, -0.2) is 39.8 Å². The average molecular weight is 341 g/mol. The van der Waals surface area contributed by atoms with Crippen molar-refractivity contribution in [2.45, 2.75) is 43.7 Å². The molecule has 1 atom stereocenters. The standard InChI is InChI=1S/C17H19N5O3/c1-16(12-6-2-5-9-19-12)14(24)22(15(25)21-16)10-13(23)20-17(11-18)7-3-4-8-17/h2,5-6,9H,3-4,7-8,10H2,1H3,(H,20,23)(H,21,25). The van der Waals surface area contributed by atoms with E-state index in [0.717, 1.165) is 17.7 Å². The van der Waals surface area contributed by atoms with Gasteiger partial charge in [0.05, 0.1) is 11.8 Å². The Morgan fingerprint density at radius 3 is 2.72 bits per heavy atom. The molecule has 2 fully saturated rings. The molecule has 0 bridgehead atoms. The maximum Gasteiger partial charge on any atom is 0.325 e. The van der Waals surface area contributed by atoms with Crippen LogP contribution in [0.25, 0.3) is 0 Å². The van der Waals surface area contributed by atoms with E-state index in [1.807, 2.05) is 0 Å². The highest BCUT2D eigenvalue weighted by molar-refractivity contribution is 6.09. The van der Waals surface area contributed by atoms with Gasteiger partial charge in [0.1, 0.15) is 12.1 Å². The number of aromatic nitrogens is 1. The summed E-state index contributed by atoms with van der Waals surface area (Å²) >= 11 is 0. The van der Waals surface area contributed by atoms with Gasteiger partial charge in [-0.15, -0.1) is 0 Å². The molecule has 0 radical (unpaired) electrons. The molecule has 2 aliphatic rings. The highest BCUT2D eigenvalue weighted by Crippen LogP contribution is 2.30. The van der Waals surface area contributed by atoms with Crippen LogP contribution < -0.4 is 10.6 Å². The second-order valence-corrected chi connectivity index (χ2v) is 6.61. The van der Waals surface area contributed by atoms with Crippen LogP contribution in [0.5, 0.6) is 0 Å². The number of nitrogens with one attached hydrogen (secondary N) is 2. The van der Waals surface area contributed by atoms with Gasteiger partial charge >= 0.3 is 6.03 Å². The van der Waals surface area contributed by atoms with Crippen LogP contribution in [-0.2, 0) is 15.1 Å². The van der Waals surface area contributed by atoms with Crippen LogP contribution in [0.1, 0.15) is 38.3 Å². The number of carbonyl (C=O) groups excluding carboxylic acids is 3. The Balaban J connectivity index is 1.73. The Hall–Kier alpha value is -2.95. The van der Waals surface area contributed by atoms with Crippen LogP contribution >= 0.6 is 0 Å². The zero-order valence-corrected chi connectivity index (χ0v) is 13.9. The molecule has 25 heavy (non-hydrogen) atoms. The molecule has 8 heteroatoms. The second kappa shape index (κ2) is 6.16. The summed E-state index contributed by atoms with van der Waals surface area (Å²) in [5.41, 5.74) is -1.79. The predicted molar refractivity (Wildman–Crippen MR) is 86.8 cm³/mol. The minimum atomic E-state index is -1.31. The molecular formula is C17H19N5O3. The zero-order chi connectivity index (χ0) is 18.1. The van der Waals surface area contributed by atoms with Gasteiger partial charge < -0.3 is 10.6 Å². The summed E-state index contributed by atoms with van der Waals surface area (Å²) in [5.74, 6) is -1.05. The van der Waals surface area contributed by atoms with E-state index in [1.165, 1.54) is 6.20 Å². The van der Waals surface area contributed by atoms with E-state index in [-0.39, 0.29) is 0 Å². The lowest BCUT2D eigenvalue weighted by Gasteiger charge is -2.24. The third-order valence-corrected chi connectivity index (χ3v) is 4.80. The number of pyridine rings is 1. The first-order chi connectivity index (χ1) is 11.9. The molecule has 0 spiro atoms. The summed E-state index contributed by atoms with van der Waals surface area (Å²) < 4.78 is 0. The van der Waals surface area contributed by atoms with Crippen LogP contribution in [0.2, 0.25) is 0 Å². The van der Waals surface area contributed by atoms with E-state index in [0.29, 0.717) is 18.5 Å². The highest BCUT2D eigenvalue weighted by atomic mass is 16.2. The van der Waals surface area contributed by atoms with Crippen molar-refractivity contribution in [3.63, 3.8) is 0 Å². The lowest BCUT2D eigenvalue weighted by Crippen LogP contribution is -2.50. The van der Waals surface area contributed by atoms with Crippen LogP contribution in [0.3, 0.4) is 0 Å². The second-order valence-electron chi connectivity index (χ2n) is 6.61. The van der Waals surface area contributed by atoms with E-state index in [9.17, 15) is 19.6 Å². The van der Waals surface area contributed by atoms with Crippen molar-refractivity contribution in [3.8, 4) is 6.07 Å². The third kappa shape index (κ3) is 2.93. The Bertz CT molecular complexity index is 751. The van der Waals surface area contributed by atoms with E-state index in [1.54, 1.807) is 25.1 Å². The fourth-order valence-corrected chi connectivity index (χ4v) is 3.37. The number of imide groups is 1. The topological polar surface area (TPSA) is 115 Å². The molecule has 1 unspecified atom stereocenters. The Morgan fingerprint density at radius 2 is 2.12 bits per heavy atom. The Morgan fingerprint density at radius 1 is 1.40 bits per heavy atom. The maximum absolute atomic E-state index is 12.7. The number of rotatable bonds is 4. The Kier molecular flexibility index (Phi) is 4.17. The molecule has 1 aromatic rings. The molecule has 1 saturated heterocycles. The van der Waals surface area contributed by atoms with Crippen LogP contribution in [0, 0.1) is 11.3 Å². The van der Waals surface area contributed by atoms with Crippen molar-refractivity contribution in [1.82, 2.24) is 20.5 Å². The van der Waals surface area contributed by atoms with E-state index in [2.05, 4.69) is 21.7 Å². The van der Waals surface area contributed by atoms with Gasteiger partial charge in [-0.3, -0.25) is 19.5 Å². The van der Waals surface area contributed by atoms with Crippen molar-refractivity contribution in [3.05, 3.63) is 30.1 Å². The third-order valence-electron chi connectivity index (χ3n) is 4.80. The molecule has 0 aromatic carbocycles. The lowest BCUT2D eigenvalue weighted by molar-refractivity contribution is -0.135. The molecule has 1 aromatic heterocycles. The quantitative estimate of drug-likeness (QED) is 0.786. The van der Waals surface area contributed by atoms with E-state index in [4.69, 9.17) is 0 Å². The monoisotopic (exact) mass is 341 g/mol. The maximum atomic E-state index is 12.7. The largest absolute Gasteiger partial charge is 0.336 e. The Labute approximate surface area is 145 Å². The van der Waals surface area contributed by atoms with Gasteiger partial charge in [-0.2, -0.15) is 5.26 Å². The fourth-order valence-electron chi connectivity index (χ4n) is 3.37. The van der Waals surface area contributed by atoms with E-state index >= 15 is 0 Å². The molecule has 2 heterocycles. The van der Waals surface area contributed by atoms with Crippen LogP contribution in [0.4, 0.5) is 4.79 Å². The number of urea groups is 1. The number of hydrogen-bond acceptors (Lipinski definition) is 5. The summed E-state index contributed by atoms with van der Waals surface area (Å²) in [6.45, 7) is 1.14. The molecule has 1 aliphatic heterocycles. The van der Waals surface area contributed by atoms with Gasteiger partial charge in [-0.1, -0.05) is 6.07 Å². The van der Waals surface area contributed by atoms with Crippen molar-refractivity contribution < 1.29 is 14.4 Å². The number of nitrogens with zero attached hydrogens (tertiary/aromatic N) is 3. The molecule has 3 rings (SSSR count). The first kappa shape index (κ1) is 16.9. The summed E-state index contributed by atoms with van der Waals surface area (Å²) in [6.07, 6.45) is 4.44. The summed E-state index contributed by atoms with van der Waals surface area (Å²) in [7, 11) is 0. The number of carbonyl (C=O) groups is 3. The van der Waals surface area contributed by atoms with E-state index < -0.39 is 35.5 Å². The molecular weight excluding hydrogens is 322 g/mol. The number of hydrogen-bond donors (Lipinski definition) is 2. The first-order valence-corrected chi connectivity index (χ1v) is 8.18. The molecule has 1 saturated carbocycles. The van der Waals surface area contributed by atoms with Gasteiger partial charge in [0.2, 0.25) is 5.91 Å². The molecule has 8 nitrogen and oxygen atoms in total. The number of amides is 4. The van der Waals surface area contributed by atoms with Gasteiger partial charge in [-0.05, 0) is 44.7 Å². The summed E-state index contributed by atoms with van der Waals surface area (Å²) in [6, 6.07) is 6.58. The minimum absolute atomic E-state index is 0.403. The normalized spacial score (nSPS) is 24.7. The van der Waals surface area contributed by atoms with Crippen molar-refractivity contribution in [1.29, 1.82) is 5.26 Å².